The van der Waals surface area contributed by atoms with E-state index in [9.17, 15) is 4.79 Å². The highest BCUT2D eigenvalue weighted by Gasteiger charge is 2.36. The lowest BCUT2D eigenvalue weighted by Crippen LogP contribution is -2.37. The molecule has 2 aliphatic rings. The van der Waals surface area contributed by atoms with E-state index in [0.29, 0.717) is 6.61 Å². The van der Waals surface area contributed by atoms with Crippen molar-refractivity contribution in [2.24, 2.45) is 5.92 Å². The minimum Gasteiger partial charge on any atom is -0.398 e. The molecule has 0 aromatic heterocycles. The fourth-order valence-electron chi connectivity index (χ4n) is 3.06. The molecule has 2 heterocycles. The van der Waals surface area contributed by atoms with Crippen LogP contribution in [0.3, 0.4) is 0 Å². The van der Waals surface area contributed by atoms with Crippen molar-refractivity contribution in [2.45, 2.75) is 32.8 Å². The second-order valence-electron chi connectivity index (χ2n) is 5.55. The van der Waals surface area contributed by atoms with E-state index >= 15 is 0 Å². The van der Waals surface area contributed by atoms with Gasteiger partial charge in [-0.1, -0.05) is 6.07 Å². The molecule has 102 valence electrons. The molecule has 0 aliphatic carbocycles. The highest BCUT2D eigenvalue weighted by atomic mass is 16.5. The molecule has 0 bridgehead atoms. The monoisotopic (exact) mass is 260 g/mol. The number of hydrogen-bond donors (Lipinski definition) is 1. The average molecular weight is 260 g/mol. The van der Waals surface area contributed by atoms with Crippen LogP contribution in [-0.4, -0.2) is 25.2 Å². The number of amides is 1. The number of fused-ring (bicyclic) bond motifs is 1. The van der Waals surface area contributed by atoms with Gasteiger partial charge >= 0.3 is 0 Å². The molecule has 2 unspecified atom stereocenters. The Bertz CT molecular complexity index is 527. The van der Waals surface area contributed by atoms with Gasteiger partial charge in [-0.2, -0.15) is 0 Å². The lowest BCUT2D eigenvalue weighted by molar-refractivity contribution is -0.123. The number of nitrogens with zero attached hydrogens (tertiary/aromatic N) is 1. The van der Waals surface area contributed by atoms with Gasteiger partial charge in [-0.05, 0) is 43.9 Å². The third kappa shape index (κ3) is 2.00. The van der Waals surface area contributed by atoms with Crippen LogP contribution >= 0.6 is 0 Å². The lowest BCUT2D eigenvalue weighted by Gasteiger charge is -2.23. The Morgan fingerprint density at radius 1 is 1.47 bits per heavy atom. The third-order valence-corrected chi connectivity index (χ3v) is 4.32. The summed E-state index contributed by atoms with van der Waals surface area (Å²) in [5.74, 6) is 0.181. The molecular formula is C15H20N2O2. The van der Waals surface area contributed by atoms with Crippen LogP contribution in [0.1, 0.15) is 24.5 Å². The summed E-state index contributed by atoms with van der Waals surface area (Å²) in [6, 6.07) is 4.04. The van der Waals surface area contributed by atoms with E-state index in [1.165, 1.54) is 5.56 Å². The number of carbonyl (C=O) groups excluding carboxylic acids is 1. The zero-order valence-electron chi connectivity index (χ0n) is 11.5. The van der Waals surface area contributed by atoms with E-state index < -0.39 is 0 Å². The summed E-state index contributed by atoms with van der Waals surface area (Å²) in [5.41, 5.74) is 10.0. The van der Waals surface area contributed by atoms with Crippen LogP contribution in [0.5, 0.6) is 0 Å². The first-order valence-electron chi connectivity index (χ1n) is 6.90. The molecule has 2 aliphatic heterocycles. The Hall–Kier alpha value is -1.55. The number of hydrogen-bond acceptors (Lipinski definition) is 3. The van der Waals surface area contributed by atoms with Crippen molar-refractivity contribution in [3.63, 3.8) is 0 Å². The normalized spacial score (nSPS) is 25.7. The molecule has 4 nitrogen and oxygen atoms in total. The van der Waals surface area contributed by atoms with Crippen molar-refractivity contribution in [2.75, 3.05) is 23.8 Å². The predicted molar refractivity (Wildman–Crippen MR) is 75.2 cm³/mol. The van der Waals surface area contributed by atoms with Gasteiger partial charge in [0.2, 0.25) is 5.91 Å². The van der Waals surface area contributed by atoms with E-state index in [2.05, 4.69) is 6.07 Å². The Labute approximate surface area is 113 Å². The minimum atomic E-state index is -0.00604. The van der Waals surface area contributed by atoms with E-state index in [1.807, 2.05) is 24.8 Å². The first-order valence-corrected chi connectivity index (χ1v) is 6.90. The lowest BCUT2D eigenvalue weighted by atomic mass is 10.0. The predicted octanol–water partition coefficient (Wildman–Crippen LogP) is 1.89. The molecule has 2 N–H and O–H groups in total. The number of nitrogens with two attached hydrogens (primary N) is 1. The number of nitrogen functional groups attached to an aromatic ring is 1. The maximum absolute atomic E-state index is 12.6. The van der Waals surface area contributed by atoms with Gasteiger partial charge in [0.1, 0.15) is 0 Å². The summed E-state index contributed by atoms with van der Waals surface area (Å²) >= 11 is 0. The van der Waals surface area contributed by atoms with Crippen molar-refractivity contribution in [1.82, 2.24) is 0 Å². The van der Waals surface area contributed by atoms with Gasteiger partial charge in [0.15, 0.2) is 0 Å². The Morgan fingerprint density at radius 2 is 2.26 bits per heavy atom. The average Bonchev–Trinajstić information content (AvgIpc) is 2.96. The van der Waals surface area contributed by atoms with E-state index in [0.717, 1.165) is 36.3 Å². The molecule has 1 amide bonds. The zero-order chi connectivity index (χ0) is 13.6. The smallest absolute Gasteiger partial charge is 0.232 e. The second-order valence-corrected chi connectivity index (χ2v) is 5.55. The molecule has 1 aromatic rings. The summed E-state index contributed by atoms with van der Waals surface area (Å²) in [4.78, 5) is 14.5. The topological polar surface area (TPSA) is 55.6 Å². The number of aryl methyl sites for hydroxylation is 1. The zero-order valence-corrected chi connectivity index (χ0v) is 11.5. The molecule has 1 fully saturated rings. The van der Waals surface area contributed by atoms with Crippen molar-refractivity contribution in [3.8, 4) is 0 Å². The molecule has 1 aromatic carbocycles. The van der Waals surface area contributed by atoms with Crippen LogP contribution in [0.15, 0.2) is 12.1 Å². The van der Waals surface area contributed by atoms with Crippen LogP contribution < -0.4 is 10.6 Å². The van der Waals surface area contributed by atoms with Crippen LogP contribution in [0.2, 0.25) is 0 Å². The highest BCUT2D eigenvalue weighted by Crippen LogP contribution is 2.34. The Kier molecular flexibility index (Phi) is 2.97. The molecule has 0 radical (unpaired) electrons. The number of rotatable bonds is 1. The fourth-order valence-corrected chi connectivity index (χ4v) is 3.06. The third-order valence-electron chi connectivity index (χ3n) is 4.32. The molecule has 19 heavy (non-hydrogen) atoms. The highest BCUT2D eigenvalue weighted by molar-refractivity contribution is 5.98. The van der Waals surface area contributed by atoms with Gasteiger partial charge in [-0.15, -0.1) is 0 Å². The molecular weight excluding hydrogens is 240 g/mol. The Balaban J connectivity index is 1.89. The SMILES string of the molecule is Cc1cc2c(cc1N)N(C(=O)C1CCOC1C)CC2. The quantitative estimate of drug-likeness (QED) is 0.784. The van der Waals surface area contributed by atoms with Crippen molar-refractivity contribution < 1.29 is 9.53 Å². The molecule has 1 saturated heterocycles. The van der Waals surface area contributed by atoms with Crippen molar-refractivity contribution >= 4 is 17.3 Å². The molecule has 0 spiro atoms. The van der Waals surface area contributed by atoms with E-state index in [1.54, 1.807) is 0 Å². The summed E-state index contributed by atoms with van der Waals surface area (Å²) < 4.78 is 5.50. The van der Waals surface area contributed by atoms with Crippen LogP contribution in [0, 0.1) is 12.8 Å². The first-order chi connectivity index (χ1) is 9.08. The van der Waals surface area contributed by atoms with Crippen LogP contribution in [0.4, 0.5) is 11.4 Å². The van der Waals surface area contributed by atoms with Crippen LogP contribution in [-0.2, 0) is 16.0 Å². The summed E-state index contributed by atoms with van der Waals surface area (Å²) in [6.07, 6.45) is 1.77. The summed E-state index contributed by atoms with van der Waals surface area (Å²) in [7, 11) is 0. The number of carbonyl (C=O) groups is 1. The standard InChI is InChI=1S/C15H20N2O2/c1-9-7-11-3-5-17(14(11)8-13(9)16)15(18)12-4-6-19-10(12)2/h7-8,10,12H,3-6,16H2,1-2H3. The van der Waals surface area contributed by atoms with E-state index in [-0.39, 0.29) is 17.9 Å². The first kappa shape index (κ1) is 12.5. The van der Waals surface area contributed by atoms with Crippen molar-refractivity contribution in [3.05, 3.63) is 23.3 Å². The number of anilines is 2. The van der Waals surface area contributed by atoms with E-state index in [4.69, 9.17) is 10.5 Å². The van der Waals surface area contributed by atoms with Gasteiger partial charge in [-0.25, -0.2) is 0 Å². The van der Waals surface area contributed by atoms with Gasteiger partial charge in [0.05, 0.1) is 12.0 Å². The minimum absolute atomic E-state index is 0.00604. The van der Waals surface area contributed by atoms with Crippen LogP contribution in [0.25, 0.3) is 0 Å². The molecule has 3 rings (SSSR count). The molecule has 2 atom stereocenters. The van der Waals surface area contributed by atoms with Gasteiger partial charge in [0, 0.05) is 24.5 Å². The van der Waals surface area contributed by atoms with Gasteiger partial charge in [0.25, 0.3) is 0 Å². The number of benzene rings is 1. The maximum Gasteiger partial charge on any atom is 0.232 e. The fraction of sp³-hybridized carbons (Fsp3) is 0.533. The maximum atomic E-state index is 12.6. The van der Waals surface area contributed by atoms with Gasteiger partial charge < -0.3 is 15.4 Å². The van der Waals surface area contributed by atoms with Gasteiger partial charge in [-0.3, -0.25) is 4.79 Å². The molecule has 4 heteroatoms. The Morgan fingerprint density at radius 3 is 2.95 bits per heavy atom. The summed E-state index contributed by atoms with van der Waals surface area (Å²) in [6.45, 7) is 5.44. The molecule has 0 saturated carbocycles. The number of ether oxygens (including phenoxy) is 1. The largest absolute Gasteiger partial charge is 0.398 e. The second kappa shape index (κ2) is 4.53. The summed E-state index contributed by atoms with van der Waals surface area (Å²) in [5, 5.41) is 0. The van der Waals surface area contributed by atoms with Crippen molar-refractivity contribution in [1.29, 1.82) is 0 Å².